The molecule has 2 aromatic rings. The van der Waals surface area contributed by atoms with Gasteiger partial charge in [0.2, 0.25) is 0 Å². The normalized spacial score (nSPS) is 10.4. The van der Waals surface area contributed by atoms with E-state index in [-0.39, 0.29) is 5.75 Å². The molecule has 0 amide bonds. The van der Waals surface area contributed by atoms with Crippen LogP contribution in [-0.2, 0) is 5.33 Å². The number of benzene rings is 2. The minimum atomic E-state index is -0.394. The first-order valence-corrected chi connectivity index (χ1v) is 7.78. The van der Waals surface area contributed by atoms with Gasteiger partial charge in [-0.05, 0) is 51.8 Å². The van der Waals surface area contributed by atoms with Crippen LogP contribution < -0.4 is 4.74 Å². The SMILES string of the molecule is Fc1ccc(Br)cc1Oc1ccc(CBr)cc1Br. The van der Waals surface area contributed by atoms with Gasteiger partial charge in [0.25, 0.3) is 0 Å². The Morgan fingerprint density at radius 2 is 1.78 bits per heavy atom. The highest BCUT2D eigenvalue weighted by Gasteiger charge is 2.08. The standard InChI is InChI=1S/C13H8Br3FO/c14-7-8-1-4-12(10(16)5-8)18-13-6-9(15)2-3-11(13)17/h1-6H,7H2. The third-order valence-electron chi connectivity index (χ3n) is 2.26. The first-order chi connectivity index (χ1) is 8.60. The van der Waals surface area contributed by atoms with E-state index < -0.39 is 5.82 Å². The fraction of sp³-hybridized carbons (Fsp3) is 0.0769. The quantitative estimate of drug-likeness (QED) is 0.531. The minimum absolute atomic E-state index is 0.191. The lowest BCUT2D eigenvalue weighted by atomic mass is 10.2. The van der Waals surface area contributed by atoms with Crippen LogP contribution in [0.1, 0.15) is 5.56 Å². The van der Waals surface area contributed by atoms with E-state index in [0.29, 0.717) is 5.75 Å². The number of ether oxygens (including phenoxy) is 1. The van der Waals surface area contributed by atoms with E-state index in [2.05, 4.69) is 47.8 Å². The highest BCUT2D eigenvalue weighted by molar-refractivity contribution is 9.11. The number of hydrogen-bond donors (Lipinski definition) is 0. The summed E-state index contributed by atoms with van der Waals surface area (Å²) >= 11 is 10.1. The Labute approximate surface area is 130 Å². The zero-order valence-electron chi connectivity index (χ0n) is 9.09. The second kappa shape index (κ2) is 6.17. The van der Waals surface area contributed by atoms with Gasteiger partial charge in [-0.1, -0.05) is 37.9 Å². The van der Waals surface area contributed by atoms with E-state index in [4.69, 9.17) is 4.74 Å². The van der Waals surface area contributed by atoms with E-state index in [1.807, 2.05) is 12.1 Å². The molecule has 2 aromatic carbocycles. The molecular weight excluding hydrogens is 431 g/mol. The van der Waals surface area contributed by atoms with Gasteiger partial charge in [0.1, 0.15) is 5.75 Å². The summed E-state index contributed by atoms with van der Waals surface area (Å²) in [6.45, 7) is 0. The van der Waals surface area contributed by atoms with E-state index in [9.17, 15) is 4.39 Å². The average Bonchev–Trinajstić information content (AvgIpc) is 2.36. The second-order valence-electron chi connectivity index (χ2n) is 3.58. The highest BCUT2D eigenvalue weighted by atomic mass is 79.9. The zero-order chi connectivity index (χ0) is 13.1. The lowest BCUT2D eigenvalue weighted by Crippen LogP contribution is -1.90. The van der Waals surface area contributed by atoms with Crippen LogP contribution in [0.4, 0.5) is 4.39 Å². The molecule has 18 heavy (non-hydrogen) atoms. The molecule has 0 atom stereocenters. The van der Waals surface area contributed by atoms with Crippen molar-refractivity contribution in [2.75, 3.05) is 0 Å². The van der Waals surface area contributed by atoms with Gasteiger partial charge in [-0.25, -0.2) is 4.39 Å². The fourth-order valence-corrected chi connectivity index (χ4v) is 2.58. The number of alkyl halides is 1. The predicted octanol–water partition coefficient (Wildman–Crippen LogP) is 6.04. The van der Waals surface area contributed by atoms with E-state index >= 15 is 0 Å². The third kappa shape index (κ3) is 3.33. The van der Waals surface area contributed by atoms with Gasteiger partial charge in [-0.15, -0.1) is 0 Å². The molecule has 5 heteroatoms. The van der Waals surface area contributed by atoms with Crippen molar-refractivity contribution in [2.45, 2.75) is 5.33 Å². The smallest absolute Gasteiger partial charge is 0.165 e. The van der Waals surface area contributed by atoms with Crippen LogP contribution in [0.5, 0.6) is 11.5 Å². The molecule has 0 aliphatic rings. The number of hydrogen-bond acceptors (Lipinski definition) is 1. The Balaban J connectivity index is 2.31. The van der Waals surface area contributed by atoms with Crippen LogP contribution in [0.2, 0.25) is 0 Å². The molecule has 0 N–H and O–H groups in total. The third-order valence-corrected chi connectivity index (χ3v) is 4.02. The molecular formula is C13H8Br3FO. The molecule has 0 unspecified atom stereocenters. The maximum absolute atomic E-state index is 13.6. The largest absolute Gasteiger partial charge is 0.453 e. The van der Waals surface area contributed by atoms with Crippen molar-refractivity contribution in [1.82, 2.24) is 0 Å². The Morgan fingerprint density at radius 1 is 1.00 bits per heavy atom. The van der Waals surface area contributed by atoms with E-state index in [1.165, 1.54) is 6.07 Å². The molecule has 1 nitrogen and oxygen atoms in total. The molecule has 0 heterocycles. The van der Waals surface area contributed by atoms with Gasteiger partial charge in [0, 0.05) is 9.80 Å². The molecule has 0 aliphatic carbocycles. The van der Waals surface area contributed by atoms with Crippen LogP contribution in [0.15, 0.2) is 45.3 Å². The Morgan fingerprint density at radius 3 is 2.44 bits per heavy atom. The van der Waals surface area contributed by atoms with Crippen molar-refractivity contribution >= 4 is 47.8 Å². The Hall–Kier alpha value is -0.390. The summed E-state index contributed by atoms with van der Waals surface area (Å²) in [4.78, 5) is 0. The molecule has 0 spiro atoms. The maximum atomic E-state index is 13.6. The topological polar surface area (TPSA) is 9.23 Å². The first kappa shape index (κ1) is 14.0. The molecule has 0 saturated heterocycles. The summed E-state index contributed by atoms with van der Waals surface area (Å²) in [5, 5.41) is 0.761. The summed E-state index contributed by atoms with van der Waals surface area (Å²) in [7, 11) is 0. The lowest BCUT2D eigenvalue weighted by Gasteiger charge is -2.09. The number of halogens is 4. The van der Waals surface area contributed by atoms with Gasteiger partial charge in [-0.2, -0.15) is 0 Å². The van der Waals surface area contributed by atoms with E-state index in [0.717, 1.165) is 19.8 Å². The van der Waals surface area contributed by atoms with Crippen molar-refractivity contribution in [1.29, 1.82) is 0 Å². The summed E-state index contributed by atoms with van der Waals surface area (Å²) in [6.07, 6.45) is 0. The summed E-state index contributed by atoms with van der Waals surface area (Å²) in [5.74, 6) is 0.378. The predicted molar refractivity (Wildman–Crippen MR) is 80.9 cm³/mol. The lowest BCUT2D eigenvalue weighted by molar-refractivity contribution is 0.439. The van der Waals surface area contributed by atoms with Gasteiger partial charge in [0.15, 0.2) is 11.6 Å². The van der Waals surface area contributed by atoms with Crippen LogP contribution in [-0.4, -0.2) is 0 Å². The van der Waals surface area contributed by atoms with Crippen molar-refractivity contribution in [3.63, 3.8) is 0 Å². The van der Waals surface area contributed by atoms with Crippen LogP contribution in [0, 0.1) is 5.82 Å². The van der Waals surface area contributed by atoms with Crippen molar-refractivity contribution in [3.8, 4) is 11.5 Å². The molecule has 0 saturated carbocycles. The summed E-state index contributed by atoms with van der Waals surface area (Å²) in [5.41, 5.74) is 1.11. The van der Waals surface area contributed by atoms with Crippen molar-refractivity contribution in [2.24, 2.45) is 0 Å². The second-order valence-corrected chi connectivity index (χ2v) is 5.91. The van der Waals surface area contributed by atoms with Gasteiger partial charge in [-0.3, -0.25) is 0 Å². The number of rotatable bonds is 3. The first-order valence-electron chi connectivity index (χ1n) is 5.07. The van der Waals surface area contributed by atoms with Crippen molar-refractivity contribution in [3.05, 3.63) is 56.7 Å². The molecule has 0 radical (unpaired) electrons. The monoisotopic (exact) mass is 436 g/mol. The molecule has 0 bridgehead atoms. The molecule has 0 aromatic heterocycles. The van der Waals surface area contributed by atoms with Crippen molar-refractivity contribution < 1.29 is 9.13 Å². The van der Waals surface area contributed by atoms with Gasteiger partial charge >= 0.3 is 0 Å². The Bertz CT molecular complexity index is 572. The molecule has 0 aliphatic heterocycles. The molecule has 94 valence electrons. The van der Waals surface area contributed by atoms with Gasteiger partial charge in [0.05, 0.1) is 4.47 Å². The minimum Gasteiger partial charge on any atom is -0.453 e. The highest BCUT2D eigenvalue weighted by Crippen LogP contribution is 2.33. The van der Waals surface area contributed by atoms with Crippen LogP contribution in [0.3, 0.4) is 0 Å². The zero-order valence-corrected chi connectivity index (χ0v) is 13.8. The van der Waals surface area contributed by atoms with Crippen LogP contribution >= 0.6 is 47.8 Å². The summed E-state index contributed by atoms with van der Waals surface area (Å²) in [6, 6.07) is 10.2. The van der Waals surface area contributed by atoms with E-state index in [1.54, 1.807) is 18.2 Å². The molecule has 2 rings (SSSR count). The average molecular weight is 439 g/mol. The van der Waals surface area contributed by atoms with Crippen LogP contribution in [0.25, 0.3) is 0 Å². The Kier molecular flexibility index (Phi) is 4.81. The fourth-order valence-electron chi connectivity index (χ4n) is 1.38. The van der Waals surface area contributed by atoms with Gasteiger partial charge < -0.3 is 4.74 Å². The maximum Gasteiger partial charge on any atom is 0.165 e. The molecule has 0 fully saturated rings. The summed E-state index contributed by atoms with van der Waals surface area (Å²) < 4.78 is 20.7.